The van der Waals surface area contributed by atoms with E-state index in [1.165, 1.54) is 60.7 Å². The van der Waals surface area contributed by atoms with Gasteiger partial charge in [0.15, 0.2) is 0 Å². The minimum atomic E-state index is -5.26. The van der Waals surface area contributed by atoms with Crippen molar-refractivity contribution in [3.8, 4) is 28.7 Å². The highest BCUT2D eigenvalue weighted by Crippen LogP contribution is 2.71. The smallest absolute Gasteiger partial charge is 0.403 e. The maximum absolute atomic E-state index is 14.4. The third kappa shape index (κ3) is 9.10. The first kappa shape index (κ1) is 30.2. The maximum atomic E-state index is 14.4. The molecule has 0 bridgehead atoms. The highest BCUT2D eigenvalue weighted by molar-refractivity contribution is 7.68. The fourth-order valence-electron chi connectivity index (χ4n) is 3.45. The van der Waals surface area contributed by atoms with Crippen LogP contribution in [0, 0.1) is 0 Å². The molecule has 0 heterocycles. The molecule has 43 heavy (non-hydrogen) atoms. The third-order valence-corrected chi connectivity index (χ3v) is 10.6. The average Bonchev–Trinajstić information content (AvgIpc) is 2.99. The Labute approximate surface area is 248 Å². The van der Waals surface area contributed by atoms with E-state index in [0.717, 1.165) is 0 Å². The second-order valence-corrected chi connectivity index (χ2v) is 13.4. The van der Waals surface area contributed by atoms with E-state index in [9.17, 15) is 13.7 Å². The lowest BCUT2D eigenvalue weighted by Crippen LogP contribution is -2.11. The molecule has 0 N–H and O–H groups in total. The van der Waals surface area contributed by atoms with Gasteiger partial charge < -0.3 is 22.6 Å². The minimum Gasteiger partial charge on any atom is -0.403 e. The van der Waals surface area contributed by atoms with Gasteiger partial charge in [-0.1, -0.05) is 91.0 Å². The highest BCUT2D eigenvalue weighted by atomic mass is 31.3. The van der Waals surface area contributed by atoms with Crippen LogP contribution in [0.15, 0.2) is 152 Å². The number of hydrogen-bond donors (Lipinski definition) is 0. The zero-order valence-corrected chi connectivity index (χ0v) is 25.0. The summed E-state index contributed by atoms with van der Waals surface area (Å²) in [5.74, 6) is 0.173. The van der Waals surface area contributed by atoms with Crippen LogP contribution in [0.1, 0.15) is 0 Å². The Morgan fingerprint density at radius 1 is 0.279 bits per heavy atom. The van der Waals surface area contributed by atoms with E-state index in [1.54, 1.807) is 91.0 Å². The Balaban J connectivity index is 1.55. The fourth-order valence-corrected chi connectivity index (χ4v) is 8.57. The zero-order valence-electron chi connectivity index (χ0n) is 22.4. The second-order valence-electron chi connectivity index (χ2n) is 8.53. The highest BCUT2D eigenvalue weighted by Gasteiger charge is 2.52. The summed E-state index contributed by atoms with van der Waals surface area (Å²) in [5, 5.41) is 0. The van der Waals surface area contributed by atoms with Gasteiger partial charge in [0.1, 0.15) is 28.7 Å². The number of phosphoric acid groups is 3. The van der Waals surface area contributed by atoms with Gasteiger partial charge in [-0.25, -0.2) is 13.7 Å². The molecule has 0 fully saturated rings. The van der Waals surface area contributed by atoms with Crippen LogP contribution >= 0.6 is 23.5 Å². The van der Waals surface area contributed by atoms with Crippen molar-refractivity contribution in [1.82, 2.24) is 0 Å². The summed E-state index contributed by atoms with van der Waals surface area (Å²) in [6.45, 7) is 0. The quantitative estimate of drug-likeness (QED) is 0.109. The Morgan fingerprint density at radius 3 is 0.674 bits per heavy atom. The molecule has 0 atom stereocenters. The van der Waals surface area contributed by atoms with Crippen molar-refractivity contribution < 1.29 is 44.9 Å². The first-order valence-electron chi connectivity index (χ1n) is 12.8. The van der Waals surface area contributed by atoms with E-state index in [2.05, 4.69) is 0 Å². The number of rotatable bonds is 14. The first-order chi connectivity index (χ1) is 20.8. The Hall–Kier alpha value is -4.29. The van der Waals surface area contributed by atoms with Gasteiger partial charge in [0, 0.05) is 0 Å². The lowest BCUT2D eigenvalue weighted by molar-refractivity contribution is 0.219. The molecule has 0 saturated heterocycles. The first-order valence-corrected chi connectivity index (χ1v) is 17.1. The summed E-state index contributed by atoms with van der Waals surface area (Å²) >= 11 is 0. The van der Waals surface area contributed by atoms with E-state index in [1.807, 2.05) is 0 Å². The maximum Gasteiger partial charge on any atom is 0.597 e. The second kappa shape index (κ2) is 13.8. The number of phosphoric ester groups is 2. The Morgan fingerprint density at radius 2 is 0.465 bits per heavy atom. The van der Waals surface area contributed by atoms with Crippen molar-refractivity contribution in [3.63, 3.8) is 0 Å². The predicted molar refractivity (Wildman–Crippen MR) is 160 cm³/mol. The van der Waals surface area contributed by atoms with Crippen LogP contribution in [0.5, 0.6) is 28.7 Å². The molecule has 0 saturated carbocycles. The molecule has 5 aromatic carbocycles. The van der Waals surface area contributed by atoms with Crippen LogP contribution in [0.4, 0.5) is 0 Å². The normalized spacial score (nSPS) is 11.7. The van der Waals surface area contributed by atoms with Crippen molar-refractivity contribution in [2.75, 3.05) is 0 Å². The molecule has 0 aliphatic heterocycles. The average molecular weight is 638 g/mol. The topological polar surface area (TPSA) is 116 Å². The van der Waals surface area contributed by atoms with E-state index in [0.29, 0.717) is 0 Å². The molecular weight excluding hydrogens is 613 g/mol. The van der Waals surface area contributed by atoms with E-state index >= 15 is 0 Å². The molecule has 13 heteroatoms. The molecule has 5 rings (SSSR count). The molecule has 0 aliphatic carbocycles. The molecular formula is C30H25O10P3. The van der Waals surface area contributed by atoms with Crippen molar-refractivity contribution in [2.45, 2.75) is 0 Å². The largest absolute Gasteiger partial charge is 0.597 e. The molecule has 5 aromatic rings. The molecule has 0 unspecified atom stereocenters. The Kier molecular flexibility index (Phi) is 9.68. The van der Waals surface area contributed by atoms with Crippen LogP contribution < -0.4 is 22.6 Å². The lowest BCUT2D eigenvalue weighted by Gasteiger charge is -2.26. The van der Waals surface area contributed by atoms with Crippen LogP contribution in [-0.4, -0.2) is 0 Å². The summed E-state index contributed by atoms with van der Waals surface area (Å²) in [6.07, 6.45) is 0. The van der Waals surface area contributed by atoms with Crippen LogP contribution in [-0.2, 0) is 22.3 Å². The summed E-state index contributed by atoms with van der Waals surface area (Å²) in [4.78, 5) is 0. The third-order valence-electron chi connectivity index (χ3n) is 5.20. The van der Waals surface area contributed by atoms with Gasteiger partial charge in [0.25, 0.3) is 0 Å². The van der Waals surface area contributed by atoms with Gasteiger partial charge in [0.2, 0.25) is 0 Å². The SMILES string of the molecule is O=P(Oc1ccccc1)(Oc1ccccc1)OP(=O)(Oc1ccccc1)OP(=O)(Oc1ccccc1)Oc1ccccc1. The van der Waals surface area contributed by atoms with Gasteiger partial charge in [-0.3, -0.25) is 0 Å². The van der Waals surface area contributed by atoms with Gasteiger partial charge >= 0.3 is 23.5 Å². The molecule has 220 valence electrons. The summed E-state index contributed by atoms with van der Waals surface area (Å²) in [5.41, 5.74) is 0. The van der Waals surface area contributed by atoms with Gasteiger partial charge in [0.05, 0.1) is 0 Å². The molecule has 0 aromatic heterocycles. The molecule has 10 nitrogen and oxygen atoms in total. The lowest BCUT2D eigenvalue weighted by atomic mass is 10.3. The van der Waals surface area contributed by atoms with E-state index in [4.69, 9.17) is 31.2 Å². The Bertz CT molecular complexity index is 1530. The predicted octanol–water partition coefficient (Wildman–Crippen LogP) is 9.74. The number of para-hydroxylation sites is 5. The van der Waals surface area contributed by atoms with Crippen molar-refractivity contribution >= 4 is 23.5 Å². The minimum absolute atomic E-state index is 0.0391. The summed E-state index contributed by atoms with van der Waals surface area (Å²) in [7, 11) is -15.1. The molecule has 0 radical (unpaired) electrons. The molecule has 0 spiro atoms. The summed E-state index contributed by atoms with van der Waals surface area (Å²) in [6, 6.07) is 39.4. The molecule has 0 aliphatic rings. The van der Waals surface area contributed by atoms with Crippen LogP contribution in [0.25, 0.3) is 0 Å². The van der Waals surface area contributed by atoms with Crippen LogP contribution in [0.3, 0.4) is 0 Å². The van der Waals surface area contributed by atoms with Crippen LogP contribution in [0.2, 0.25) is 0 Å². The number of hydrogen-bond acceptors (Lipinski definition) is 10. The zero-order chi connectivity index (χ0) is 30.0. The molecule has 0 amide bonds. The van der Waals surface area contributed by atoms with E-state index in [-0.39, 0.29) is 28.7 Å². The fraction of sp³-hybridized carbons (Fsp3) is 0. The van der Waals surface area contributed by atoms with Gasteiger partial charge in [-0.05, 0) is 60.7 Å². The van der Waals surface area contributed by atoms with Gasteiger partial charge in [-0.2, -0.15) is 8.62 Å². The standard InChI is InChI=1S/C30H25O10P3/c31-41(34-26-16-6-1-7-17-26,35-27-18-8-2-9-19-27)39-43(33,38-30-24-14-5-15-25-30)40-42(32,36-28-20-10-3-11-21-28)37-29-22-12-4-13-23-29/h1-25H. The summed E-state index contributed by atoms with van der Waals surface area (Å²) < 4.78 is 81.8. The van der Waals surface area contributed by atoms with Gasteiger partial charge in [-0.15, -0.1) is 0 Å². The monoisotopic (exact) mass is 638 g/mol. The van der Waals surface area contributed by atoms with E-state index < -0.39 is 23.5 Å². The van der Waals surface area contributed by atoms with Crippen molar-refractivity contribution in [1.29, 1.82) is 0 Å². The van der Waals surface area contributed by atoms with Crippen molar-refractivity contribution in [2.24, 2.45) is 0 Å². The van der Waals surface area contributed by atoms with Crippen molar-refractivity contribution in [3.05, 3.63) is 152 Å². The number of benzene rings is 5.